The summed E-state index contributed by atoms with van der Waals surface area (Å²) >= 11 is 0. The average Bonchev–Trinajstić information content (AvgIpc) is 2.94. The van der Waals surface area contributed by atoms with Gasteiger partial charge in [-0.15, -0.1) is 5.10 Å². The summed E-state index contributed by atoms with van der Waals surface area (Å²) < 4.78 is 1.50. The van der Waals surface area contributed by atoms with Crippen molar-refractivity contribution >= 4 is 11.6 Å². The van der Waals surface area contributed by atoms with Gasteiger partial charge in [-0.1, -0.05) is 19.1 Å². The molecule has 0 aliphatic carbocycles. The summed E-state index contributed by atoms with van der Waals surface area (Å²) in [4.78, 5) is 12.0. The molecule has 0 saturated heterocycles. The van der Waals surface area contributed by atoms with Crippen molar-refractivity contribution in [2.45, 2.75) is 13.3 Å². The van der Waals surface area contributed by atoms with Crippen LogP contribution in [-0.2, 0) is 4.79 Å². The van der Waals surface area contributed by atoms with Gasteiger partial charge >= 0.3 is 0 Å². The number of benzene rings is 1. The molecule has 0 radical (unpaired) electrons. The van der Waals surface area contributed by atoms with Crippen LogP contribution >= 0.6 is 0 Å². The van der Waals surface area contributed by atoms with Crippen LogP contribution < -0.4 is 11.1 Å². The third kappa shape index (κ3) is 2.94. The number of nitrogens with two attached hydrogens (primary N) is 1. The number of tetrazole rings is 1. The van der Waals surface area contributed by atoms with E-state index in [9.17, 15) is 4.79 Å². The molecule has 1 heterocycles. The van der Waals surface area contributed by atoms with Crippen LogP contribution in [0.2, 0.25) is 0 Å². The number of carbonyl (C=O) groups excluding carboxylic acids is 1. The smallest absolute Gasteiger partial charge is 0.228 e. The SMILES string of the molecule is CCC(CN)C(=O)Nc1ccccc1-n1cnnn1. The average molecular weight is 260 g/mol. The number of hydrogen-bond acceptors (Lipinski definition) is 5. The normalized spacial score (nSPS) is 12.1. The molecule has 2 rings (SSSR count). The van der Waals surface area contributed by atoms with E-state index in [4.69, 9.17) is 5.73 Å². The lowest BCUT2D eigenvalue weighted by Crippen LogP contribution is -2.29. The number of nitrogens with one attached hydrogen (secondary N) is 1. The highest BCUT2D eigenvalue weighted by Crippen LogP contribution is 2.19. The predicted molar refractivity (Wildman–Crippen MR) is 70.6 cm³/mol. The molecule has 7 heteroatoms. The summed E-state index contributed by atoms with van der Waals surface area (Å²) in [5, 5.41) is 13.9. The molecule has 3 N–H and O–H groups in total. The Bertz CT molecular complexity index is 535. The number of rotatable bonds is 5. The van der Waals surface area contributed by atoms with Gasteiger partial charge in [-0.2, -0.15) is 4.68 Å². The van der Waals surface area contributed by atoms with Gasteiger partial charge in [0.05, 0.1) is 17.3 Å². The van der Waals surface area contributed by atoms with Crippen LogP contribution in [-0.4, -0.2) is 32.7 Å². The first kappa shape index (κ1) is 13.2. The van der Waals surface area contributed by atoms with Crippen LogP contribution in [0.4, 0.5) is 5.69 Å². The zero-order valence-electron chi connectivity index (χ0n) is 10.7. The summed E-state index contributed by atoms with van der Waals surface area (Å²) in [6.07, 6.45) is 2.18. The van der Waals surface area contributed by atoms with Gasteiger partial charge in [0.2, 0.25) is 5.91 Å². The fraction of sp³-hybridized carbons (Fsp3) is 0.333. The Kier molecular flexibility index (Phi) is 4.19. The van der Waals surface area contributed by atoms with Crippen molar-refractivity contribution in [3.8, 4) is 5.69 Å². The number of aromatic nitrogens is 4. The Labute approximate surface area is 110 Å². The highest BCUT2D eigenvalue weighted by molar-refractivity contribution is 5.94. The fourth-order valence-electron chi connectivity index (χ4n) is 1.74. The predicted octanol–water partition coefficient (Wildman–Crippen LogP) is 0.586. The molecule has 1 amide bonds. The fourth-order valence-corrected chi connectivity index (χ4v) is 1.74. The van der Waals surface area contributed by atoms with Gasteiger partial charge in [0.25, 0.3) is 0 Å². The number of hydrogen-bond donors (Lipinski definition) is 2. The number of anilines is 1. The maximum Gasteiger partial charge on any atom is 0.228 e. The number of nitrogens with zero attached hydrogens (tertiary/aromatic N) is 4. The van der Waals surface area contributed by atoms with Gasteiger partial charge in [-0.3, -0.25) is 4.79 Å². The summed E-state index contributed by atoms with van der Waals surface area (Å²) in [5.41, 5.74) is 6.95. The summed E-state index contributed by atoms with van der Waals surface area (Å²) in [6.45, 7) is 2.26. The molecule has 0 saturated carbocycles. The van der Waals surface area contributed by atoms with Gasteiger partial charge in [0, 0.05) is 6.54 Å². The third-order valence-corrected chi connectivity index (χ3v) is 2.91. The molecule has 0 fully saturated rings. The van der Waals surface area contributed by atoms with E-state index in [0.29, 0.717) is 24.3 Å². The molecule has 1 unspecified atom stereocenters. The lowest BCUT2D eigenvalue weighted by molar-refractivity contribution is -0.119. The second-order valence-electron chi connectivity index (χ2n) is 4.10. The van der Waals surface area contributed by atoms with E-state index >= 15 is 0 Å². The van der Waals surface area contributed by atoms with Crippen molar-refractivity contribution in [1.29, 1.82) is 0 Å². The largest absolute Gasteiger partial charge is 0.330 e. The summed E-state index contributed by atoms with van der Waals surface area (Å²) in [6, 6.07) is 7.33. The van der Waals surface area contributed by atoms with Crippen LogP contribution in [0.1, 0.15) is 13.3 Å². The molecule has 1 aromatic carbocycles. The van der Waals surface area contributed by atoms with Crippen molar-refractivity contribution in [3.05, 3.63) is 30.6 Å². The molecule has 0 bridgehead atoms. The Morgan fingerprint density at radius 1 is 1.47 bits per heavy atom. The van der Waals surface area contributed by atoms with Crippen molar-refractivity contribution in [3.63, 3.8) is 0 Å². The standard InChI is InChI=1S/C12H16N6O/c1-2-9(7-13)12(19)15-10-5-3-4-6-11(10)18-8-14-16-17-18/h3-6,8-9H,2,7,13H2,1H3,(H,15,19). The Morgan fingerprint density at radius 2 is 2.26 bits per heavy atom. The zero-order chi connectivity index (χ0) is 13.7. The molecule has 0 aliphatic heterocycles. The van der Waals surface area contributed by atoms with E-state index < -0.39 is 0 Å². The van der Waals surface area contributed by atoms with Gasteiger partial charge in [-0.05, 0) is 29.0 Å². The first-order valence-corrected chi connectivity index (χ1v) is 6.09. The molecule has 0 spiro atoms. The Morgan fingerprint density at radius 3 is 2.89 bits per heavy atom. The lowest BCUT2D eigenvalue weighted by atomic mass is 10.1. The number of para-hydroxylation sites is 2. The third-order valence-electron chi connectivity index (χ3n) is 2.91. The first-order chi connectivity index (χ1) is 9.26. The molecular formula is C12H16N6O. The Balaban J connectivity index is 2.24. The van der Waals surface area contributed by atoms with Crippen molar-refractivity contribution in [1.82, 2.24) is 20.2 Å². The monoisotopic (exact) mass is 260 g/mol. The highest BCUT2D eigenvalue weighted by atomic mass is 16.1. The molecule has 1 aromatic heterocycles. The van der Waals surface area contributed by atoms with Crippen molar-refractivity contribution in [2.24, 2.45) is 11.7 Å². The quantitative estimate of drug-likeness (QED) is 0.819. The second kappa shape index (κ2) is 6.05. The molecule has 7 nitrogen and oxygen atoms in total. The van der Waals surface area contributed by atoms with E-state index in [1.54, 1.807) is 6.07 Å². The second-order valence-corrected chi connectivity index (χ2v) is 4.10. The van der Waals surface area contributed by atoms with Crippen LogP contribution in [0.3, 0.4) is 0 Å². The van der Waals surface area contributed by atoms with Crippen LogP contribution in [0.5, 0.6) is 0 Å². The number of carbonyl (C=O) groups is 1. The van der Waals surface area contributed by atoms with E-state index in [2.05, 4.69) is 20.8 Å². The van der Waals surface area contributed by atoms with E-state index in [-0.39, 0.29) is 11.8 Å². The summed E-state index contributed by atoms with van der Waals surface area (Å²) in [5.74, 6) is -0.285. The van der Waals surface area contributed by atoms with Gasteiger partial charge < -0.3 is 11.1 Å². The minimum absolute atomic E-state index is 0.0921. The maximum absolute atomic E-state index is 12.0. The first-order valence-electron chi connectivity index (χ1n) is 6.09. The zero-order valence-corrected chi connectivity index (χ0v) is 10.7. The maximum atomic E-state index is 12.0. The van der Waals surface area contributed by atoms with Gasteiger partial charge in [0.15, 0.2) is 0 Å². The van der Waals surface area contributed by atoms with Gasteiger partial charge in [-0.25, -0.2) is 0 Å². The molecule has 1 atom stereocenters. The van der Waals surface area contributed by atoms with E-state index in [1.807, 2.05) is 25.1 Å². The minimum atomic E-state index is -0.193. The van der Waals surface area contributed by atoms with Gasteiger partial charge in [0.1, 0.15) is 6.33 Å². The van der Waals surface area contributed by atoms with Crippen LogP contribution in [0, 0.1) is 5.92 Å². The molecule has 2 aromatic rings. The molecule has 19 heavy (non-hydrogen) atoms. The highest BCUT2D eigenvalue weighted by Gasteiger charge is 2.16. The summed E-state index contributed by atoms with van der Waals surface area (Å²) in [7, 11) is 0. The van der Waals surface area contributed by atoms with E-state index in [1.165, 1.54) is 11.0 Å². The molecule has 0 aliphatic rings. The number of amides is 1. The Hall–Kier alpha value is -2.28. The van der Waals surface area contributed by atoms with Crippen LogP contribution in [0.15, 0.2) is 30.6 Å². The molecule has 100 valence electrons. The van der Waals surface area contributed by atoms with E-state index in [0.717, 1.165) is 0 Å². The van der Waals surface area contributed by atoms with Crippen molar-refractivity contribution < 1.29 is 4.79 Å². The molecular weight excluding hydrogens is 244 g/mol. The topological polar surface area (TPSA) is 98.7 Å². The van der Waals surface area contributed by atoms with Crippen LogP contribution in [0.25, 0.3) is 5.69 Å². The van der Waals surface area contributed by atoms with Crippen molar-refractivity contribution in [2.75, 3.05) is 11.9 Å². The lowest BCUT2D eigenvalue weighted by Gasteiger charge is -2.14. The minimum Gasteiger partial charge on any atom is -0.330 e.